The number of fused-ring (bicyclic) bond motifs is 1. The molecule has 1 aromatic heterocycles. The maximum Gasteiger partial charge on any atom is 0.251 e. The quantitative estimate of drug-likeness (QED) is 0.657. The van der Waals surface area contributed by atoms with Gasteiger partial charge in [0.05, 0.1) is 11.3 Å². The number of aromatic nitrogens is 1. The maximum absolute atomic E-state index is 12.3. The number of nitrogens with zero attached hydrogens (tertiary/aromatic N) is 1. The molecule has 26 heavy (non-hydrogen) atoms. The summed E-state index contributed by atoms with van der Waals surface area (Å²) in [7, 11) is 1.72. The Morgan fingerprint density at radius 2 is 2.00 bits per heavy atom. The van der Waals surface area contributed by atoms with Crippen LogP contribution in [-0.4, -0.2) is 16.2 Å². The highest BCUT2D eigenvalue weighted by molar-refractivity contribution is 8.00. The van der Waals surface area contributed by atoms with E-state index < -0.39 is 0 Å². The SMILES string of the molecule is CCc1cccc(NC(=O)CSc2cc(=O)n(C)c3ccc(Cl)cc23)c1. The van der Waals surface area contributed by atoms with E-state index in [0.29, 0.717) is 5.02 Å². The van der Waals surface area contributed by atoms with E-state index in [1.807, 2.05) is 36.4 Å². The minimum absolute atomic E-state index is 0.112. The van der Waals surface area contributed by atoms with Gasteiger partial charge in [-0.25, -0.2) is 0 Å². The van der Waals surface area contributed by atoms with Gasteiger partial charge in [0.15, 0.2) is 0 Å². The van der Waals surface area contributed by atoms with Crippen molar-refractivity contribution in [3.05, 3.63) is 69.5 Å². The van der Waals surface area contributed by atoms with Crippen LogP contribution in [0.25, 0.3) is 10.9 Å². The number of aryl methyl sites for hydroxylation is 2. The second kappa shape index (κ2) is 7.98. The zero-order chi connectivity index (χ0) is 18.7. The molecule has 0 aliphatic heterocycles. The average molecular weight is 387 g/mol. The molecule has 0 unspecified atom stereocenters. The van der Waals surface area contributed by atoms with Gasteiger partial charge in [0.1, 0.15) is 0 Å². The lowest BCUT2D eigenvalue weighted by Crippen LogP contribution is -2.17. The predicted octanol–water partition coefficient (Wildman–Crippen LogP) is 4.49. The molecule has 0 saturated heterocycles. The molecule has 0 aliphatic rings. The van der Waals surface area contributed by atoms with Crippen LogP contribution in [0.4, 0.5) is 5.69 Å². The number of rotatable bonds is 5. The van der Waals surface area contributed by atoms with Gasteiger partial charge >= 0.3 is 0 Å². The summed E-state index contributed by atoms with van der Waals surface area (Å²) < 4.78 is 1.58. The molecule has 1 N–H and O–H groups in total. The predicted molar refractivity (Wildman–Crippen MR) is 109 cm³/mol. The van der Waals surface area contributed by atoms with E-state index in [1.54, 1.807) is 23.7 Å². The number of hydrogen-bond donors (Lipinski definition) is 1. The van der Waals surface area contributed by atoms with Gasteiger partial charge in [-0.05, 0) is 42.3 Å². The Morgan fingerprint density at radius 3 is 2.77 bits per heavy atom. The molecule has 1 amide bonds. The first-order valence-electron chi connectivity index (χ1n) is 8.29. The fraction of sp³-hybridized carbons (Fsp3) is 0.200. The minimum Gasteiger partial charge on any atom is -0.325 e. The number of pyridine rings is 1. The molecule has 3 aromatic rings. The van der Waals surface area contributed by atoms with Gasteiger partial charge in [-0.2, -0.15) is 0 Å². The van der Waals surface area contributed by atoms with E-state index in [9.17, 15) is 9.59 Å². The number of carbonyl (C=O) groups is 1. The lowest BCUT2D eigenvalue weighted by molar-refractivity contribution is -0.113. The van der Waals surface area contributed by atoms with Gasteiger partial charge in [0, 0.05) is 34.1 Å². The number of carbonyl (C=O) groups excluding carboxylic acids is 1. The highest BCUT2D eigenvalue weighted by Crippen LogP contribution is 2.28. The highest BCUT2D eigenvalue weighted by atomic mass is 35.5. The van der Waals surface area contributed by atoms with Crippen LogP contribution < -0.4 is 10.9 Å². The number of nitrogens with one attached hydrogen (secondary N) is 1. The molecule has 0 bridgehead atoms. The summed E-state index contributed by atoms with van der Waals surface area (Å²) in [4.78, 5) is 25.2. The standard InChI is InChI=1S/C20H19ClN2O2S/c1-3-13-5-4-6-15(9-13)22-19(24)12-26-18-11-20(25)23(2)17-8-7-14(21)10-16(17)18/h4-11H,3,12H2,1-2H3,(H,22,24). The van der Waals surface area contributed by atoms with E-state index in [-0.39, 0.29) is 17.2 Å². The average Bonchev–Trinajstić information content (AvgIpc) is 2.63. The fourth-order valence-corrected chi connectivity index (χ4v) is 3.77. The molecular formula is C20H19ClN2O2S. The molecule has 2 aromatic carbocycles. The summed E-state index contributed by atoms with van der Waals surface area (Å²) in [6.45, 7) is 2.07. The Bertz CT molecular complexity index is 1030. The van der Waals surface area contributed by atoms with Crippen LogP contribution in [0.5, 0.6) is 0 Å². The number of benzene rings is 2. The molecular weight excluding hydrogens is 368 g/mol. The van der Waals surface area contributed by atoms with Crippen molar-refractivity contribution in [2.75, 3.05) is 11.1 Å². The molecule has 0 aliphatic carbocycles. The van der Waals surface area contributed by atoms with Gasteiger partial charge in [-0.15, -0.1) is 11.8 Å². The molecule has 6 heteroatoms. The summed E-state index contributed by atoms with van der Waals surface area (Å²) in [5.41, 5.74) is 2.63. The summed E-state index contributed by atoms with van der Waals surface area (Å²) in [5, 5.41) is 4.37. The van der Waals surface area contributed by atoms with Gasteiger partial charge in [0.25, 0.3) is 5.56 Å². The second-order valence-electron chi connectivity index (χ2n) is 5.96. The Labute approximate surface area is 161 Å². The largest absolute Gasteiger partial charge is 0.325 e. The third-order valence-electron chi connectivity index (χ3n) is 4.15. The highest BCUT2D eigenvalue weighted by Gasteiger charge is 2.10. The monoisotopic (exact) mass is 386 g/mol. The summed E-state index contributed by atoms with van der Waals surface area (Å²) in [6, 6.07) is 14.7. The molecule has 0 atom stereocenters. The third-order valence-corrected chi connectivity index (χ3v) is 5.44. The first-order chi connectivity index (χ1) is 12.5. The molecule has 0 saturated carbocycles. The van der Waals surface area contributed by atoms with Crippen molar-refractivity contribution in [3.63, 3.8) is 0 Å². The van der Waals surface area contributed by atoms with E-state index in [2.05, 4.69) is 12.2 Å². The molecule has 0 radical (unpaired) electrons. The zero-order valence-corrected chi connectivity index (χ0v) is 16.2. The normalized spacial score (nSPS) is 10.9. The lowest BCUT2D eigenvalue weighted by Gasteiger charge is -2.11. The topological polar surface area (TPSA) is 51.1 Å². The summed E-state index contributed by atoms with van der Waals surface area (Å²) in [5.74, 6) is 0.101. The molecule has 134 valence electrons. The minimum atomic E-state index is -0.113. The van der Waals surface area contributed by atoms with Crippen molar-refractivity contribution in [3.8, 4) is 0 Å². The van der Waals surface area contributed by atoms with Gasteiger partial charge < -0.3 is 9.88 Å². The van der Waals surface area contributed by atoms with Crippen LogP contribution in [0.1, 0.15) is 12.5 Å². The molecule has 0 spiro atoms. The number of amides is 1. The maximum atomic E-state index is 12.3. The summed E-state index contributed by atoms with van der Waals surface area (Å²) >= 11 is 7.44. The first kappa shape index (κ1) is 18.5. The molecule has 0 fully saturated rings. The van der Waals surface area contributed by atoms with Crippen LogP contribution >= 0.6 is 23.4 Å². The van der Waals surface area contributed by atoms with Crippen molar-refractivity contribution in [2.24, 2.45) is 7.05 Å². The van der Waals surface area contributed by atoms with Crippen LogP contribution in [0.2, 0.25) is 5.02 Å². The lowest BCUT2D eigenvalue weighted by atomic mass is 10.1. The Hall–Kier alpha value is -2.24. The van der Waals surface area contributed by atoms with Gasteiger partial charge in [-0.3, -0.25) is 9.59 Å². The fourth-order valence-electron chi connectivity index (χ4n) is 2.73. The summed E-state index contributed by atoms with van der Waals surface area (Å²) in [6.07, 6.45) is 0.915. The van der Waals surface area contributed by atoms with Gasteiger partial charge in [0.2, 0.25) is 5.91 Å². The van der Waals surface area contributed by atoms with Crippen molar-refractivity contribution in [2.45, 2.75) is 18.2 Å². The number of thioether (sulfide) groups is 1. The number of halogens is 1. The molecule has 3 rings (SSSR count). The smallest absolute Gasteiger partial charge is 0.251 e. The van der Waals surface area contributed by atoms with Crippen LogP contribution in [0.3, 0.4) is 0 Å². The Balaban J connectivity index is 1.79. The van der Waals surface area contributed by atoms with Crippen LogP contribution in [0, 0.1) is 0 Å². The van der Waals surface area contributed by atoms with E-state index in [4.69, 9.17) is 11.6 Å². The Morgan fingerprint density at radius 1 is 1.19 bits per heavy atom. The zero-order valence-electron chi connectivity index (χ0n) is 14.6. The van der Waals surface area contributed by atoms with Crippen molar-refractivity contribution in [1.82, 2.24) is 4.57 Å². The first-order valence-corrected chi connectivity index (χ1v) is 9.65. The van der Waals surface area contributed by atoms with Crippen LogP contribution in [0.15, 0.2) is 58.2 Å². The second-order valence-corrected chi connectivity index (χ2v) is 7.41. The third kappa shape index (κ3) is 4.11. The van der Waals surface area contributed by atoms with Crippen molar-refractivity contribution < 1.29 is 4.79 Å². The van der Waals surface area contributed by atoms with Crippen molar-refractivity contribution >= 4 is 45.9 Å². The van der Waals surface area contributed by atoms with Crippen molar-refractivity contribution in [1.29, 1.82) is 0 Å². The van der Waals surface area contributed by atoms with Crippen LogP contribution in [-0.2, 0) is 18.3 Å². The molecule has 1 heterocycles. The number of hydrogen-bond acceptors (Lipinski definition) is 3. The Kier molecular flexibility index (Phi) is 5.69. The van der Waals surface area contributed by atoms with E-state index >= 15 is 0 Å². The van der Waals surface area contributed by atoms with E-state index in [1.165, 1.54) is 17.3 Å². The molecule has 4 nitrogen and oxygen atoms in total. The van der Waals surface area contributed by atoms with Gasteiger partial charge in [-0.1, -0.05) is 30.7 Å². The number of anilines is 1. The van der Waals surface area contributed by atoms with E-state index in [0.717, 1.165) is 27.9 Å².